The Morgan fingerprint density at radius 3 is 2.35 bits per heavy atom. The fourth-order valence-corrected chi connectivity index (χ4v) is 9.12. The number of methoxy groups -OCH3 is 2. The molecule has 1 atom stereocenters. The van der Waals surface area contributed by atoms with Gasteiger partial charge >= 0.3 is 6.03 Å². The zero-order valence-electron chi connectivity index (χ0n) is 29.6. The summed E-state index contributed by atoms with van der Waals surface area (Å²) in [5.74, 6) is -0.524. The molecule has 0 spiro atoms. The van der Waals surface area contributed by atoms with Gasteiger partial charge in [0.05, 0.1) is 32.1 Å². The number of rotatable bonds is 10. The highest BCUT2D eigenvalue weighted by atomic mass is 35.5. The number of nitrogens with one attached hydrogen (secondary N) is 1. The Hall–Kier alpha value is -4.11. The fourth-order valence-electron chi connectivity index (χ4n) is 7.34. The number of ether oxygens (including phenoxy) is 3. The summed E-state index contributed by atoms with van der Waals surface area (Å²) in [6, 6.07) is 10.3. The summed E-state index contributed by atoms with van der Waals surface area (Å²) in [6.07, 6.45) is 3.75. The predicted octanol–water partition coefficient (Wildman–Crippen LogP) is 4.25. The van der Waals surface area contributed by atoms with Crippen molar-refractivity contribution < 1.29 is 32.2 Å². The Morgan fingerprint density at radius 2 is 1.71 bits per heavy atom. The van der Waals surface area contributed by atoms with Gasteiger partial charge in [-0.25, -0.2) is 18.2 Å². The number of urea groups is 1. The molecule has 13 nitrogen and oxygen atoms in total. The molecule has 274 valence electrons. The van der Waals surface area contributed by atoms with E-state index in [0.717, 1.165) is 32.5 Å². The van der Waals surface area contributed by atoms with Gasteiger partial charge in [0.2, 0.25) is 5.88 Å². The standard InChI is InChI=1S/C36H45ClN6O7S/c1-6-40-14-12-26(13-15-40)41-16-18-42(19-17-41)35(45)39-36(29-20-24(3)23-38-33(29)50-7-2)28-21-25(37)8-10-30(28)43(34(36)44)51(46,47)32-11-9-27(48-4)22-31(32)49-5/h8-11,20-23,26H,6-7,12-19H2,1-5H3,(H,39,45). The van der Waals surface area contributed by atoms with Crippen LogP contribution in [0.1, 0.15) is 43.4 Å². The third kappa shape index (κ3) is 6.70. The lowest BCUT2D eigenvalue weighted by atomic mass is 9.83. The maximum Gasteiger partial charge on any atom is 0.318 e. The number of piperidine rings is 1. The molecule has 0 bridgehead atoms. The monoisotopic (exact) mass is 740 g/mol. The summed E-state index contributed by atoms with van der Waals surface area (Å²) in [6.45, 7) is 11.3. The normalized spacial score (nSPS) is 20.3. The summed E-state index contributed by atoms with van der Waals surface area (Å²) in [7, 11) is -1.88. The summed E-state index contributed by atoms with van der Waals surface area (Å²) in [5, 5.41) is 3.26. The number of carbonyl (C=O) groups is 2. The Balaban J connectivity index is 1.43. The van der Waals surface area contributed by atoms with E-state index < -0.39 is 27.5 Å². The smallest absolute Gasteiger partial charge is 0.318 e. The average molecular weight is 741 g/mol. The molecular formula is C36H45ClN6O7S. The number of fused-ring (bicyclic) bond motifs is 1. The Bertz CT molecular complexity index is 1900. The summed E-state index contributed by atoms with van der Waals surface area (Å²) < 4.78 is 46.7. The second kappa shape index (κ2) is 14.9. The minimum atomic E-state index is -4.66. The molecule has 3 aliphatic rings. The van der Waals surface area contributed by atoms with Crippen molar-refractivity contribution in [2.75, 3.05) is 70.9 Å². The second-order valence-corrected chi connectivity index (χ2v) is 15.1. The molecule has 3 aromatic rings. The van der Waals surface area contributed by atoms with Crippen LogP contribution in [0.15, 0.2) is 53.6 Å². The highest BCUT2D eigenvalue weighted by Gasteiger charge is 2.59. The average Bonchev–Trinajstić information content (AvgIpc) is 3.39. The molecule has 0 saturated carbocycles. The topological polar surface area (TPSA) is 134 Å². The number of anilines is 1. The van der Waals surface area contributed by atoms with Crippen molar-refractivity contribution in [1.82, 2.24) is 25.0 Å². The van der Waals surface area contributed by atoms with Gasteiger partial charge in [-0.2, -0.15) is 4.31 Å². The van der Waals surface area contributed by atoms with Crippen LogP contribution in [0.3, 0.4) is 0 Å². The zero-order valence-corrected chi connectivity index (χ0v) is 31.2. The summed E-state index contributed by atoms with van der Waals surface area (Å²) in [5.41, 5.74) is -1.04. The van der Waals surface area contributed by atoms with E-state index in [0.29, 0.717) is 47.8 Å². The van der Waals surface area contributed by atoms with E-state index in [1.807, 2.05) is 0 Å². The molecule has 1 unspecified atom stereocenters. The van der Waals surface area contributed by atoms with E-state index >= 15 is 4.79 Å². The maximum absolute atomic E-state index is 15.2. The van der Waals surface area contributed by atoms with Crippen molar-refractivity contribution in [2.45, 2.75) is 50.1 Å². The van der Waals surface area contributed by atoms with Crippen LogP contribution in [-0.4, -0.2) is 113 Å². The zero-order chi connectivity index (χ0) is 36.5. The first kappa shape index (κ1) is 36.7. The van der Waals surface area contributed by atoms with E-state index in [1.54, 1.807) is 31.0 Å². The van der Waals surface area contributed by atoms with Gasteiger partial charge in [0.15, 0.2) is 5.54 Å². The summed E-state index contributed by atoms with van der Waals surface area (Å²) >= 11 is 6.58. The van der Waals surface area contributed by atoms with Gasteiger partial charge < -0.3 is 29.3 Å². The molecule has 2 fully saturated rings. The molecule has 51 heavy (non-hydrogen) atoms. The maximum atomic E-state index is 15.2. The van der Waals surface area contributed by atoms with Crippen LogP contribution < -0.4 is 23.8 Å². The number of carbonyl (C=O) groups excluding carboxylic acids is 2. The number of aryl methyl sites for hydroxylation is 1. The first-order valence-electron chi connectivity index (χ1n) is 17.2. The molecule has 2 aromatic carbocycles. The fraction of sp³-hybridized carbons (Fsp3) is 0.472. The van der Waals surface area contributed by atoms with Crippen LogP contribution in [0.25, 0.3) is 0 Å². The molecule has 3 amide bonds. The highest BCUT2D eigenvalue weighted by Crippen LogP contribution is 2.50. The number of piperazine rings is 1. The number of halogens is 1. The lowest BCUT2D eigenvalue weighted by molar-refractivity contribution is -0.121. The van der Waals surface area contributed by atoms with E-state index in [4.69, 9.17) is 25.8 Å². The van der Waals surface area contributed by atoms with Crippen molar-refractivity contribution in [3.63, 3.8) is 0 Å². The summed E-state index contributed by atoms with van der Waals surface area (Å²) in [4.78, 5) is 40.5. The Labute approximate surface area is 304 Å². The molecule has 3 aliphatic heterocycles. The van der Waals surface area contributed by atoms with Crippen LogP contribution in [0.4, 0.5) is 10.5 Å². The van der Waals surface area contributed by atoms with E-state index in [1.165, 1.54) is 50.6 Å². The van der Waals surface area contributed by atoms with Crippen molar-refractivity contribution in [3.05, 3.63) is 70.4 Å². The first-order valence-corrected chi connectivity index (χ1v) is 19.1. The van der Waals surface area contributed by atoms with Gasteiger partial charge in [-0.1, -0.05) is 18.5 Å². The molecular weight excluding hydrogens is 696 g/mol. The third-order valence-corrected chi connectivity index (χ3v) is 12.0. The van der Waals surface area contributed by atoms with Crippen LogP contribution in [-0.2, 0) is 20.4 Å². The van der Waals surface area contributed by atoms with Crippen molar-refractivity contribution in [2.24, 2.45) is 0 Å². The Kier molecular flexibility index (Phi) is 10.7. The van der Waals surface area contributed by atoms with E-state index in [2.05, 4.69) is 27.0 Å². The van der Waals surface area contributed by atoms with E-state index in [9.17, 15) is 13.2 Å². The molecule has 0 radical (unpaired) electrons. The van der Waals surface area contributed by atoms with Crippen molar-refractivity contribution in [3.8, 4) is 17.4 Å². The predicted molar refractivity (Wildman–Crippen MR) is 193 cm³/mol. The second-order valence-electron chi connectivity index (χ2n) is 12.9. The first-order chi connectivity index (χ1) is 24.5. The molecule has 0 aliphatic carbocycles. The number of pyridine rings is 1. The number of sulfonamides is 1. The van der Waals surface area contributed by atoms with Gasteiger partial charge in [-0.3, -0.25) is 9.69 Å². The molecule has 4 heterocycles. The number of likely N-dealkylation sites (tertiary alicyclic amines) is 1. The van der Waals surface area contributed by atoms with Crippen LogP contribution in [0.5, 0.6) is 17.4 Å². The molecule has 1 N–H and O–H groups in total. The number of benzene rings is 2. The number of hydrogen-bond donors (Lipinski definition) is 1. The lowest BCUT2D eigenvalue weighted by Gasteiger charge is -2.43. The lowest BCUT2D eigenvalue weighted by Crippen LogP contribution is -2.61. The number of aromatic nitrogens is 1. The number of amides is 3. The van der Waals surface area contributed by atoms with Crippen LogP contribution >= 0.6 is 11.6 Å². The van der Waals surface area contributed by atoms with Crippen molar-refractivity contribution in [1.29, 1.82) is 0 Å². The van der Waals surface area contributed by atoms with E-state index in [-0.39, 0.29) is 45.0 Å². The number of nitrogens with zero attached hydrogens (tertiary/aromatic N) is 5. The SMILES string of the molecule is CCOc1ncc(C)cc1C1(NC(=O)N2CCN(C3CCN(CC)CC3)CC2)C(=O)N(S(=O)(=O)c2ccc(OC)cc2OC)c2ccc(Cl)cc21. The van der Waals surface area contributed by atoms with Gasteiger partial charge in [0, 0.05) is 55.1 Å². The van der Waals surface area contributed by atoms with Gasteiger partial charge in [0.25, 0.3) is 15.9 Å². The molecule has 1 aromatic heterocycles. The van der Waals surface area contributed by atoms with Crippen molar-refractivity contribution >= 4 is 39.2 Å². The molecule has 6 rings (SSSR count). The van der Waals surface area contributed by atoms with Gasteiger partial charge in [-0.15, -0.1) is 0 Å². The largest absolute Gasteiger partial charge is 0.497 e. The minimum Gasteiger partial charge on any atom is -0.497 e. The molecule has 2 saturated heterocycles. The quantitative estimate of drug-likeness (QED) is 0.322. The molecule has 15 heteroatoms. The number of hydrogen-bond acceptors (Lipinski definition) is 10. The Morgan fingerprint density at radius 1 is 0.980 bits per heavy atom. The highest BCUT2D eigenvalue weighted by molar-refractivity contribution is 7.93. The van der Waals surface area contributed by atoms with Crippen LogP contribution in [0, 0.1) is 6.92 Å². The van der Waals surface area contributed by atoms with Gasteiger partial charge in [0.1, 0.15) is 16.4 Å². The minimum absolute atomic E-state index is 0.0229. The van der Waals surface area contributed by atoms with Crippen LogP contribution in [0.2, 0.25) is 5.02 Å². The van der Waals surface area contributed by atoms with Gasteiger partial charge in [-0.05, 0) is 88.3 Å². The third-order valence-electron chi connectivity index (χ3n) is 10.1.